The summed E-state index contributed by atoms with van der Waals surface area (Å²) < 4.78 is 10.1. The molecule has 1 atom stereocenters. The van der Waals surface area contributed by atoms with Gasteiger partial charge in [-0.15, -0.1) is 0 Å². The van der Waals surface area contributed by atoms with E-state index in [1.54, 1.807) is 31.4 Å². The van der Waals surface area contributed by atoms with Crippen molar-refractivity contribution >= 4 is 17.7 Å². The second-order valence-corrected chi connectivity index (χ2v) is 5.52. The highest BCUT2D eigenvalue weighted by molar-refractivity contribution is 5.96. The standard InChI is InChI=1S/C17H21NO6/c1-23-13-7-5-12(6-8-13)15(19)3-2-4-16(20)18-9-10-24-11-14(18)17(21)22/h5-8,14H,2-4,9-11H2,1H3,(H,21,22). The quantitative estimate of drug-likeness (QED) is 0.756. The zero-order valence-corrected chi connectivity index (χ0v) is 13.6. The minimum absolute atomic E-state index is 0.00581. The van der Waals surface area contributed by atoms with Crippen molar-refractivity contribution in [1.29, 1.82) is 0 Å². The van der Waals surface area contributed by atoms with Crippen molar-refractivity contribution in [2.45, 2.75) is 25.3 Å². The summed E-state index contributed by atoms with van der Waals surface area (Å²) in [5.41, 5.74) is 0.568. The predicted octanol–water partition coefficient (Wildman–Crippen LogP) is 1.36. The number of methoxy groups -OCH3 is 1. The number of carbonyl (C=O) groups excluding carboxylic acids is 2. The van der Waals surface area contributed by atoms with E-state index in [0.29, 0.717) is 24.3 Å². The molecule has 7 nitrogen and oxygen atoms in total. The van der Waals surface area contributed by atoms with Crippen LogP contribution in [0.15, 0.2) is 24.3 Å². The van der Waals surface area contributed by atoms with Gasteiger partial charge in [0.25, 0.3) is 0 Å². The number of rotatable bonds is 7. The Morgan fingerprint density at radius 2 is 1.96 bits per heavy atom. The van der Waals surface area contributed by atoms with Crippen LogP contribution in [0.5, 0.6) is 5.75 Å². The normalized spacial score (nSPS) is 17.4. The number of hydrogen-bond donors (Lipinski definition) is 1. The molecule has 1 unspecified atom stereocenters. The SMILES string of the molecule is COc1ccc(C(=O)CCCC(=O)N2CCOCC2C(=O)O)cc1. The molecule has 130 valence electrons. The molecule has 0 aromatic heterocycles. The van der Waals surface area contributed by atoms with Gasteiger partial charge < -0.3 is 19.5 Å². The molecule has 1 aromatic carbocycles. The Bertz CT molecular complexity index is 598. The van der Waals surface area contributed by atoms with Gasteiger partial charge in [0.1, 0.15) is 5.75 Å². The molecule has 2 rings (SSSR count). The van der Waals surface area contributed by atoms with Gasteiger partial charge in [-0.25, -0.2) is 4.79 Å². The Labute approximate surface area is 140 Å². The summed E-state index contributed by atoms with van der Waals surface area (Å²) in [6.45, 7) is 0.606. The van der Waals surface area contributed by atoms with Crippen LogP contribution in [0.4, 0.5) is 0 Å². The van der Waals surface area contributed by atoms with Crippen molar-refractivity contribution in [2.75, 3.05) is 26.9 Å². The number of nitrogens with zero attached hydrogens (tertiary/aromatic N) is 1. The molecule has 1 N–H and O–H groups in total. The van der Waals surface area contributed by atoms with Gasteiger partial charge in [0.2, 0.25) is 5.91 Å². The Morgan fingerprint density at radius 1 is 1.25 bits per heavy atom. The number of benzene rings is 1. The van der Waals surface area contributed by atoms with Crippen molar-refractivity contribution < 1.29 is 29.0 Å². The summed E-state index contributed by atoms with van der Waals surface area (Å²) in [4.78, 5) is 36.8. The lowest BCUT2D eigenvalue weighted by Crippen LogP contribution is -2.52. The van der Waals surface area contributed by atoms with E-state index in [2.05, 4.69) is 0 Å². The van der Waals surface area contributed by atoms with Crippen molar-refractivity contribution in [1.82, 2.24) is 4.90 Å². The van der Waals surface area contributed by atoms with Gasteiger partial charge in [-0.3, -0.25) is 9.59 Å². The van der Waals surface area contributed by atoms with Crippen LogP contribution in [0, 0.1) is 0 Å². The number of morpholine rings is 1. The molecule has 1 aliphatic rings. The first-order valence-electron chi connectivity index (χ1n) is 7.80. The largest absolute Gasteiger partial charge is 0.497 e. The molecule has 1 aliphatic heterocycles. The van der Waals surface area contributed by atoms with Crippen molar-refractivity contribution in [3.05, 3.63) is 29.8 Å². The van der Waals surface area contributed by atoms with Crippen LogP contribution in [0.2, 0.25) is 0 Å². The minimum Gasteiger partial charge on any atom is -0.497 e. The fourth-order valence-electron chi connectivity index (χ4n) is 2.57. The van der Waals surface area contributed by atoms with Crippen LogP contribution in [0.25, 0.3) is 0 Å². The van der Waals surface area contributed by atoms with Gasteiger partial charge in [0.15, 0.2) is 11.8 Å². The van der Waals surface area contributed by atoms with Crippen LogP contribution in [-0.2, 0) is 14.3 Å². The van der Waals surface area contributed by atoms with E-state index in [0.717, 1.165) is 0 Å². The predicted molar refractivity (Wildman–Crippen MR) is 85.1 cm³/mol. The Balaban J connectivity index is 1.82. The second-order valence-electron chi connectivity index (χ2n) is 5.52. The van der Waals surface area contributed by atoms with E-state index < -0.39 is 12.0 Å². The maximum Gasteiger partial charge on any atom is 0.328 e. The molecule has 24 heavy (non-hydrogen) atoms. The van der Waals surface area contributed by atoms with E-state index in [4.69, 9.17) is 14.6 Å². The molecule has 1 saturated heterocycles. The van der Waals surface area contributed by atoms with Crippen molar-refractivity contribution in [3.63, 3.8) is 0 Å². The molecule has 0 spiro atoms. The van der Waals surface area contributed by atoms with Crippen LogP contribution in [0.1, 0.15) is 29.6 Å². The third-order valence-electron chi connectivity index (χ3n) is 3.94. The summed E-state index contributed by atoms with van der Waals surface area (Å²) in [5.74, 6) is -0.707. The topological polar surface area (TPSA) is 93.1 Å². The molecule has 0 bridgehead atoms. The maximum absolute atomic E-state index is 12.2. The molecule has 1 fully saturated rings. The Kier molecular flexibility index (Phi) is 6.31. The number of carbonyl (C=O) groups is 3. The second kappa shape index (κ2) is 8.44. The van der Waals surface area contributed by atoms with Gasteiger partial charge in [-0.05, 0) is 30.7 Å². The molecule has 0 aliphatic carbocycles. The molecule has 0 saturated carbocycles. The number of amides is 1. The van der Waals surface area contributed by atoms with Crippen LogP contribution >= 0.6 is 0 Å². The number of aliphatic carboxylic acids is 1. The first kappa shape index (κ1) is 17.9. The van der Waals surface area contributed by atoms with E-state index in [1.807, 2.05) is 0 Å². The zero-order chi connectivity index (χ0) is 17.5. The summed E-state index contributed by atoms with van der Waals surface area (Å²) in [6, 6.07) is 5.85. The number of ketones is 1. The lowest BCUT2D eigenvalue weighted by Gasteiger charge is -2.32. The average Bonchev–Trinajstić information content (AvgIpc) is 2.61. The first-order chi connectivity index (χ1) is 11.5. The van der Waals surface area contributed by atoms with Gasteiger partial charge in [0.05, 0.1) is 20.3 Å². The van der Waals surface area contributed by atoms with Gasteiger partial charge in [-0.2, -0.15) is 0 Å². The summed E-state index contributed by atoms with van der Waals surface area (Å²) in [5, 5.41) is 9.12. The summed E-state index contributed by atoms with van der Waals surface area (Å²) in [6.07, 6.45) is 0.763. The van der Waals surface area contributed by atoms with Crippen molar-refractivity contribution in [3.8, 4) is 5.75 Å². The summed E-state index contributed by atoms with van der Waals surface area (Å²) >= 11 is 0. The number of carboxylic acid groups (broad SMARTS) is 1. The van der Waals surface area contributed by atoms with Crippen LogP contribution in [0.3, 0.4) is 0 Å². The van der Waals surface area contributed by atoms with E-state index in [1.165, 1.54) is 4.90 Å². The Hall–Kier alpha value is -2.41. The highest BCUT2D eigenvalue weighted by Gasteiger charge is 2.32. The number of ether oxygens (including phenoxy) is 2. The number of carboxylic acids is 1. The van der Waals surface area contributed by atoms with Crippen molar-refractivity contribution in [2.24, 2.45) is 0 Å². The van der Waals surface area contributed by atoms with Crippen LogP contribution in [-0.4, -0.2) is 60.6 Å². The average molecular weight is 335 g/mol. The lowest BCUT2D eigenvalue weighted by atomic mass is 10.0. The molecular formula is C17H21NO6. The third-order valence-corrected chi connectivity index (χ3v) is 3.94. The summed E-state index contributed by atoms with van der Waals surface area (Å²) in [7, 11) is 1.55. The molecule has 0 radical (unpaired) electrons. The molecule has 1 aromatic rings. The van der Waals surface area contributed by atoms with Gasteiger partial charge in [-0.1, -0.05) is 0 Å². The van der Waals surface area contributed by atoms with E-state index >= 15 is 0 Å². The van der Waals surface area contributed by atoms with Gasteiger partial charge in [0, 0.05) is 24.9 Å². The smallest absolute Gasteiger partial charge is 0.328 e. The van der Waals surface area contributed by atoms with Gasteiger partial charge >= 0.3 is 5.97 Å². The zero-order valence-electron chi connectivity index (χ0n) is 13.6. The number of hydrogen-bond acceptors (Lipinski definition) is 5. The highest BCUT2D eigenvalue weighted by Crippen LogP contribution is 2.15. The Morgan fingerprint density at radius 3 is 2.58 bits per heavy atom. The first-order valence-corrected chi connectivity index (χ1v) is 7.80. The fraction of sp³-hybridized carbons (Fsp3) is 0.471. The molecular weight excluding hydrogens is 314 g/mol. The molecule has 7 heteroatoms. The monoisotopic (exact) mass is 335 g/mol. The highest BCUT2D eigenvalue weighted by atomic mass is 16.5. The number of Topliss-reactive ketones (excluding diaryl/α,β-unsaturated/α-hetero) is 1. The van der Waals surface area contributed by atoms with E-state index in [-0.39, 0.29) is 37.7 Å². The van der Waals surface area contributed by atoms with Crippen LogP contribution < -0.4 is 4.74 Å². The minimum atomic E-state index is -1.07. The third kappa shape index (κ3) is 4.55. The lowest BCUT2D eigenvalue weighted by molar-refractivity contribution is -0.158. The maximum atomic E-state index is 12.2. The fourth-order valence-corrected chi connectivity index (χ4v) is 2.57. The molecule has 1 heterocycles. The molecule has 1 amide bonds. The van der Waals surface area contributed by atoms with E-state index in [9.17, 15) is 14.4 Å².